The molecule has 1 aromatic heterocycles. The zero-order valence-corrected chi connectivity index (χ0v) is 11.5. The van der Waals surface area contributed by atoms with Crippen molar-refractivity contribution in [3.05, 3.63) is 47.7 Å². The minimum absolute atomic E-state index is 0.577. The number of aromatic nitrogens is 1. The van der Waals surface area contributed by atoms with Gasteiger partial charge in [0.2, 0.25) is 5.88 Å². The molecule has 2 N–H and O–H groups in total. The van der Waals surface area contributed by atoms with Crippen LogP contribution in [-0.4, -0.2) is 4.98 Å². The van der Waals surface area contributed by atoms with E-state index >= 15 is 0 Å². The summed E-state index contributed by atoms with van der Waals surface area (Å²) in [6.07, 6.45) is 3.56. The van der Waals surface area contributed by atoms with Crippen LogP contribution in [0.3, 0.4) is 0 Å². The average Bonchev–Trinajstić information content (AvgIpc) is 2.42. The van der Waals surface area contributed by atoms with E-state index in [4.69, 9.17) is 10.5 Å². The minimum atomic E-state index is 0.577. The molecule has 1 aromatic carbocycles. The average molecular weight is 256 g/mol. The second-order valence-electron chi connectivity index (χ2n) is 4.67. The van der Waals surface area contributed by atoms with Crippen molar-refractivity contribution >= 4 is 5.69 Å². The van der Waals surface area contributed by atoms with Crippen LogP contribution in [0.15, 0.2) is 36.4 Å². The van der Waals surface area contributed by atoms with Crippen molar-refractivity contribution in [2.45, 2.75) is 33.1 Å². The van der Waals surface area contributed by atoms with Gasteiger partial charge in [0.25, 0.3) is 0 Å². The number of pyridine rings is 1. The van der Waals surface area contributed by atoms with Gasteiger partial charge in [0.1, 0.15) is 5.75 Å². The summed E-state index contributed by atoms with van der Waals surface area (Å²) < 4.78 is 5.71. The normalized spacial score (nSPS) is 10.4. The van der Waals surface area contributed by atoms with Gasteiger partial charge >= 0.3 is 0 Å². The standard InChI is InChI=1S/C16H20N2O/c1-3-4-5-13-6-8-14(9-7-13)19-16-11-10-15(17)12(2)18-16/h6-11H,3-5,17H2,1-2H3. The van der Waals surface area contributed by atoms with E-state index in [1.165, 1.54) is 18.4 Å². The molecule has 0 unspecified atom stereocenters. The predicted molar refractivity (Wildman–Crippen MR) is 78.5 cm³/mol. The lowest BCUT2D eigenvalue weighted by atomic mass is 10.1. The molecule has 0 saturated carbocycles. The molecule has 0 aliphatic heterocycles. The van der Waals surface area contributed by atoms with Crippen molar-refractivity contribution in [1.82, 2.24) is 4.98 Å². The summed E-state index contributed by atoms with van der Waals surface area (Å²) in [6, 6.07) is 11.8. The Labute approximate surface area is 114 Å². The number of unbranched alkanes of at least 4 members (excludes halogenated alkanes) is 1. The van der Waals surface area contributed by atoms with Crippen LogP contribution in [0.1, 0.15) is 31.0 Å². The molecule has 1 heterocycles. The van der Waals surface area contributed by atoms with Gasteiger partial charge in [-0.2, -0.15) is 0 Å². The zero-order chi connectivity index (χ0) is 13.7. The number of nitrogens with zero attached hydrogens (tertiary/aromatic N) is 1. The first-order valence-corrected chi connectivity index (χ1v) is 6.69. The number of aryl methyl sites for hydroxylation is 2. The molecule has 0 aliphatic rings. The van der Waals surface area contributed by atoms with E-state index < -0.39 is 0 Å². The molecular weight excluding hydrogens is 236 g/mol. The molecule has 0 aliphatic carbocycles. The highest BCUT2D eigenvalue weighted by Gasteiger charge is 2.01. The van der Waals surface area contributed by atoms with Crippen molar-refractivity contribution < 1.29 is 4.74 Å². The molecule has 0 fully saturated rings. The number of anilines is 1. The van der Waals surface area contributed by atoms with Crippen molar-refractivity contribution in [2.24, 2.45) is 0 Å². The first kappa shape index (κ1) is 13.4. The lowest BCUT2D eigenvalue weighted by molar-refractivity contribution is 0.461. The summed E-state index contributed by atoms with van der Waals surface area (Å²) >= 11 is 0. The van der Waals surface area contributed by atoms with Crippen LogP contribution >= 0.6 is 0 Å². The van der Waals surface area contributed by atoms with Crippen LogP contribution in [0.4, 0.5) is 5.69 Å². The number of rotatable bonds is 5. The Hall–Kier alpha value is -2.03. The quantitative estimate of drug-likeness (QED) is 0.875. The van der Waals surface area contributed by atoms with Gasteiger partial charge in [-0.25, -0.2) is 4.98 Å². The van der Waals surface area contributed by atoms with Gasteiger partial charge in [-0.1, -0.05) is 25.5 Å². The summed E-state index contributed by atoms with van der Waals surface area (Å²) in [5, 5.41) is 0. The molecule has 0 spiro atoms. The van der Waals surface area contributed by atoms with Crippen molar-refractivity contribution in [3.8, 4) is 11.6 Å². The topological polar surface area (TPSA) is 48.1 Å². The number of benzene rings is 1. The van der Waals surface area contributed by atoms with Crippen LogP contribution in [0, 0.1) is 6.92 Å². The summed E-state index contributed by atoms with van der Waals surface area (Å²) in [6.45, 7) is 4.07. The van der Waals surface area contributed by atoms with Crippen LogP contribution < -0.4 is 10.5 Å². The largest absolute Gasteiger partial charge is 0.439 e. The second kappa shape index (κ2) is 6.23. The number of nitrogen functional groups attached to an aromatic ring is 1. The van der Waals surface area contributed by atoms with E-state index in [2.05, 4.69) is 24.0 Å². The van der Waals surface area contributed by atoms with Crippen molar-refractivity contribution in [2.75, 3.05) is 5.73 Å². The zero-order valence-electron chi connectivity index (χ0n) is 11.5. The Morgan fingerprint density at radius 1 is 1.11 bits per heavy atom. The summed E-state index contributed by atoms with van der Waals surface area (Å²) in [7, 11) is 0. The summed E-state index contributed by atoms with van der Waals surface area (Å²) in [5.74, 6) is 1.38. The fraction of sp³-hybridized carbons (Fsp3) is 0.312. The molecule has 0 amide bonds. The van der Waals surface area contributed by atoms with Gasteiger partial charge < -0.3 is 10.5 Å². The number of hydrogen-bond donors (Lipinski definition) is 1. The Balaban J connectivity index is 2.04. The van der Waals surface area contributed by atoms with Gasteiger partial charge in [-0.3, -0.25) is 0 Å². The Morgan fingerprint density at radius 2 is 1.84 bits per heavy atom. The maximum absolute atomic E-state index is 5.73. The highest BCUT2D eigenvalue weighted by atomic mass is 16.5. The molecule has 0 atom stereocenters. The van der Waals surface area contributed by atoms with Gasteiger partial charge in [0, 0.05) is 6.07 Å². The van der Waals surface area contributed by atoms with Gasteiger partial charge in [-0.15, -0.1) is 0 Å². The van der Waals surface area contributed by atoms with E-state index in [0.29, 0.717) is 11.6 Å². The minimum Gasteiger partial charge on any atom is -0.439 e. The smallest absolute Gasteiger partial charge is 0.219 e. The Kier molecular flexibility index (Phi) is 4.39. The number of nitrogens with two attached hydrogens (primary N) is 1. The monoisotopic (exact) mass is 256 g/mol. The molecule has 0 radical (unpaired) electrons. The molecule has 0 saturated heterocycles. The third-order valence-electron chi connectivity index (χ3n) is 3.07. The summed E-state index contributed by atoms with van der Waals surface area (Å²) in [5.41, 5.74) is 8.55. The maximum Gasteiger partial charge on any atom is 0.219 e. The Bertz CT molecular complexity index is 535. The first-order chi connectivity index (χ1) is 9.19. The molecule has 2 aromatic rings. The first-order valence-electron chi connectivity index (χ1n) is 6.69. The van der Waals surface area contributed by atoms with E-state index in [1.807, 2.05) is 25.1 Å². The van der Waals surface area contributed by atoms with Gasteiger partial charge in [0.15, 0.2) is 0 Å². The van der Waals surface area contributed by atoms with Crippen LogP contribution in [0.2, 0.25) is 0 Å². The highest BCUT2D eigenvalue weighted by Crippen LogP contribution is 2.22. The fourth-order valence-corrected chi connectivity index (χ4v) is 1.83. The number of ether oxygens (including phenoxy) is 1. The van der Waals surface area contributed by atoms with Crippen molar-refractivity contribution in [1.29, 1.82) is 0 Å². The van der Waals surface area contributed by atoms with E-state index in [1.54, 1.807) is 6.07 Å². The lowest BCUT2D eigenvalue weighted by Gasteiger charge is -2.07. The highest BCUT2D eigenvalue weighted by molar-refractivity contribution is 5.44. The Morgan fingerprint density at radius 3 is 2.47 bits per heavy atom. The molecule has 3 nitrogen and oxygen atoms in total. The van der Waals surface area contributed by atoms with Crippen LogP contribution in [0.5, 0.6) is 11.6 Å². The third kappa shape index (κ3) is 3.71. The van der Waals surface area contributed by atoms with E-state index in [0.717, 1.165) is 17.9 Å². The lowest BCUT2D eigenvalue weighted by Crippen LogP contribution is -1.95. The van der Waals surface area contributed by atoms with E-state index in [9.17, 15) is 0 Å². The maximum atomic E-state index is 5.73. The van der Waals surface area contributed by atoms with Crippen LogP contribution in [-0.2, 0) is 6.42 Å². The molecular formula is C16H20N2O. The third-order valence-corrected chi connectivity index (χ3v) is 3.07. The van der Waals surface area contributed by atoms with Gasteiger partial charge in [-0.05, 0) is 43.5 Å². The molecule has 0 bridgehead atoms. The van der Waals surface area contributed by atoms with Gasteiger partial charge in [0.05, 0.1) is 11.4 Å². The molecule has 100 valence electrons. The SMILES string of the molecule is CCCCc1ccc(Oc2ccc(N)c(C)n2)cc1. The van der Waals surface area contributed by atoms with E-state index in [-0.39, 0.29) is 0 Å². The molecule has 2 rings (SSSR count). The fourth-order valence-electron chi connectivity index (χ4n) is 1.83. The number of hydrogen-bond acceptors (Lipinski definition) is 3. The molecule has 3 heteroatoms. The summed E-state index contributed by atoms with van der Waals surface area (Å²) in [4.78, 5) is 4.29. The van der Waals surface area contributed by atoms with Crippen molar-refractivity contribution in [3.63, 3.8) is 0 Å². The predicted octanol–water partition coefficient (Wildman–Crippen LogP) is 4.11. The van der Waals surface area contributed by atoms with Crippen LogP contribution in [0.25, 0.3) is 0 Å². The second-order valence-corrected chi connectivity index (χ2v) is 4.67. The molecule has 19 heavy (non-hydrogen) atoms.